The van der Waals surface area contributed by atoms with Gasteiger partial charge in [0.25, 0.3) is 0 Å². The summed E-state index contributed by atoms with van der Waals surface area (Å²) in [6.45, 7) is 3.20. The first-order valence-electron chi connectivity index (χ1n) is 9.02. The van der Waals surface area contributed by atoms with Gasteiger partial charge in [0, 0.05) is 27.2 Å². The highest BCUT2D eigenvalue weighted by Gasteiger charge is 2.34. The normalized spacial score (nSPS) is 15.9. The third-order valence-electron chi connectivity index (χ3n) is 4.61. The van der Waals surface area contributed by atoms with Crippen molar-refractivity contribution in [2.24, 2.45) is 5.28 Å². The number of rotatable bonds is 5. The van der Waals surface area contributed by atoms with Crippen LogP contribution in [0, 0.1) is 12.7 Å². The lowest BCUT2D eigenvalue weighted by atomic mass is 9.92. The highest BCUT2D eigenvalue weighted by molar-refractivity contribution is 8.13. The van der Waals surface area contributed by atoms with Gasteiger partial charge in [-0.05, 0) is 66.5 Å². The molecule has 0 bridgehead atoms. The number of thioether (sulfide) groups is 1. The van der Waals surface area contributed by atoms with Crippen LogP contribution in [0.15, 0.2) is 51.5 Å². The molecule has 0 saturated carbocycles. The minimum Gasteiger partial charge on any atom is -0.454 e. The number of aryl methyl sites for hydroxylation is 1. The molecular formula is C20H16FN3O6S2. The van der Waals surface area contributed by atoms with Gasteiger partial charge in [0.1, 0.15) is 17.2 Å². The maximum atomic E-state index is 15.0. The van der Waals surface area contributed by atoms with Gasteiger partial charge in [0.2, 0.25) is 0 Å². The van der Waals surface area contributed by atoms with Crippen molar-refractivity contribution in [1.82, 2.24) is 0 Å². The number of hydrogen-bond acceptors (Lipinski definition) is 8. The number of sulfone groups is 1. The number of cyclic esters (lactones) is 1. The van der Waals surface area contributed by atoms with E-state index >= 15 is 0 Å². The van der Waals surface area contributed by atoms with Gasteiger partial charge in [0.15, 0.2) is 9.84 Å². The molecule has 3 rings (SSSR count). The van der Waals surface area contributed by atoms with Gasteiger partial charge in [-0.15, -0.1) is 0 Å². The average molecular weight is 477 g/mol. The van der Waals surface area contributed by atoms with E-state index in [2.05, 4.69) is 15.0 Å². The molecule has 2 aromatic carbocycles. The Morgan fingerprint density at radius 3 is 2.59 bits per heavy atom. The first kappa shape index (κ1) is 23.3. The van der Waals surface area contributed by atoms with E-state index < -0.39 is 33.0 Å². The molecule has 0 fully saturated rings. The monoisotopic (exact) mass is 477 g/mol. The molecule has 1 atom stereocenters. The summed E-state index contributed by atoms with van der Waals surface area (Å²) in [5, 5.41) is 1.74. The number of benzene rings is 2. The molecule has 0 saturated heterocycles. The van der Waals surface area contributed by atoms with Crippen LogP contribution in [0.3, 0.4) is 0 Å². The summed E-state index contributed by atoms with van der Waals surface area (Å²) >= 11 is 0.516. The van der Waals surface area contributed by atoms with Crippen molar-refractivity contribution in [3.8, 4) is 0 Å². The second-order valence-electron chi connectivity index (χ2n) is 6.84. The van der Waals surface area contributed by atoms with E-state index in [0.29, 0.717) is 28.5 Å². The van der Waals surface area contributed by atoms with Crippen LogP contribution >= 0.6 is 11.8 Å². The van der Waals surface area contributed by atoms with Crippen LogP contribution in [0.1, 0.15) is 23.6 Å². The number of esters is 1. The molecular weight excluding hydrogens is 461 g/mol. The smallest absolute Gasteiger partial charge is 0.383 e. The van der Waals surface area contributed by atoms with E-state index in [-0.39, 0.29) is 20.9 Å². The summed E-state index contributed by atoms with van der Waals surface area (Å²) in [6, 6.07) is 8.33. The van der Waals surface area contributed by atoms with Crippen LogP contribution in [0.2, 0.25) is 0 Å². The van der Waals surface area contributed by atoms with Crippen molar-refractivity contribution in [3.05, 3.63) is 69.3 Å². The molecule has 166 valence electrons. The minimum atomic E-state index is -3.45. The highest BCUT2D eigenvalue weighted by atomic mass is 32.2. The number of ether oxygens (including phenoxy) is 1. The molecule has 9 nitrogen and oxygen atoms in total. The van der Waals surface area contributed by atoms with Crippen LogP contribution in [0.5, 0.6) is 0 Å². The fraction of sp³-hybridized carbons (Fsp3) is 0.200. The molecule has 1 heterocycles. The molecule has 1 aliphatic rings. The van der Waals surface area contributed by atoms with Gasteiger partial charge in [0.05, 0.1) is 10.5 Å². The van der Waals surface area contributed by atoms with Crippen LogP contribution in [0.4, 0.5) is 9.18 Å². The topological polar surface area (TPSA) is 136 Å². The summed E-state index contributed by atoms with van der Waals surface area (Å²) in [6.07, 6.45) is 0.332. The average Bonchev–Trinajstić information content (AvgIpc) is 2.99. The third-order valence-corrected chi connectivity index (χ3v) is 6.60. The van der Waals surface area contributed by atoms with E-state index in [1.165, 1.54) is 24.3 Å². The van der Waals surface area contributed by atoms with Gasteiger partial charge in [-0.2, -0.15) is 0 Å². The van der Waals surface area contributed by atoms with Crippen molar-refractivity contribution in [1.29, 1.82) is 0 Å². The zero-order valence-electron chi connectivity index (χ0n) is 17.0. The number of carbonyl (C=O) groups is 2. The molecule has 0 amide bonds. The Balaban J connectivity index is 2.06. The quantitative estimate of drug-likeness (QED) is 0.150. The molecule has 0 radical (unpaired) electrons. The zero-order valence-corrected chi connectivity index (χ0v) is 18.7. The van der Waals surface area contributed by atoms with E-state index in [1.54, 1.807) is 19.9 Å². The van der Waals surface area contributed by atoms with Crippen molar-refractivity contribution < 1.29 is 32.0 Å². The van der Waals surface area contributed by atoms with Crippen molar-refractivity contribution >= 4 is 44.0 Å². The molecule has 1 unspecified atom stereocenters. The van der Waals surface area contributed by atoms with E-state index in [4.69, 9.17) is 10.3 Å². The van der Waals surface area contributed by atoms with Gasteiger partial charge in [-0.25, -0.2) is 22.4 Å². The second-order valence-corrected chi connectivity index (χ2v) is 9.84. The molecule has 32 heavy (non-hydrogen) atoms. The Morgan fingerprint density at radius 1 is 1.28 bits per heavy atom. The van der Waals surface area contributed by atoms with Gasteiger partial charge in [-0.3, -0.25) is 0 Å². The van der Waals surface area contributed by atoms with E-state index in [9.17, 15) is 22.4 Å². The molecule has 0 spiro atoms. The highest BCUT2D eigenvalue weighted by Crippen LogP contribution is 2.39. The summed E-state index contributed by atoms with van der Waals surface area (Å²) in [5.41, 5.74) is 9.51. The lowest BCUT2D eigenvalue weighted by Gasteiger charge is -2.12. The SMILES string of the molecule is Cc1cc(C2=C(c3ccc(SC(=O)ON=[N+]=[N-])cc3F)C(C)OC2=O)ccc1S(C)(=O)=O. The molecule has 0 aromatic heterocycles. The largest absolute Gasteiger partial charge is 0.454 e. The molecule has 2 aromatic rings. The predicted octanol–water partition coefficient (Wildman–Crippen LogP) is 4.85. The lowest BCUT2D eigenvalue weighted by molar-refractivity contribution is -0.136. The fourth-order valence-electron chi connectivity index (χ4n) is 3.38. The van der Waals surface area contributed by atoms with Gasteiger partial charge in [-0.1, -0.05) is 12.1 Å². The number of carbonyl (C=O) groups excluding carboxylic acids is 2. The maximum absolute atomic E-state index is 15.0. The number of hydrogen-bond donors (Lipinski definition) is 0. The van der Waals surface area contributed by atoms with Gasteiger partial charge < -0.3 is 9.57 Å². The first-order chi connectivity index (χ1) is 15.0. The third kappa shape index (κ3) is 4.77. The Labute approximate surface area is 186 Å². The second kappa shape index (κ2) is 9.03. The zero-order chi connectivity index (χ0) is 23.6. The Hall–Kier alpha value is -3.34. The standard InChI is InChI=1S/C20H16FN3O6S2/c1-10-8-12(4-7-16(10)32(3,27)28)18-17(11(2)29-19(18)25)14-6-5-13(9-15(14)21)31-20(26)30-24-23-22/h4-9,11H,1-3H3. The lowest BCUT2D eigenvalue weighted by Crippen LogP contribution is -2.06. The molecule has 0 N–H and O–H groups in total. The summed E-state index contributed by atoms with van der Waals surface area (Å²) in [5.74, 6) is -1.37. The van der Waals surface area contributed by atoms with Crippen molar-refractivity contribution in [2.75, 3.05) is 6.26 Å². The first-order valence-corrected chi connectivity index (χ1v) is 11.7. The van der Waals surface area contributed by atoms with E-state index in [1.807, 2.05) is 0 Å². The van der Waals surface area contributed by atoms with Crippen LogP contribution in [-0.2, 0) is 24.2 Å². The minimum absolute atomic E-state index is 0.0935. The number of nitrogens with zero attached hydrogens (tertiary/aromatic N) is 3. The van der Waals surface area contributed by atoms with Crippen LogP contribution < -0.4 is 0 Å². The molecule has 1 aliphatic heterocycles. The fourth-order valence-corrected chi connectivity index (χ4v) is 4.90. The summed E-state index contributed by atoms with van der Waals surface area (Å²) in [4.78, 5) is 30.9. The Morgan fingerprint density at radius 2 is 2.00 bits per heavy atom. The molecule has 0 aliphatic carbocycles. The Bertz CT molecular complexity index is 1320. The molecule has 12 heteroatoms. The van der Waals surface area contributed by atoms with Crippen molar-refractivity contribution in [3.63, 3.8) is 0 Å². The number of halogens is 1. The maximum Gasteiger partial charge on any atom is 0.383 e. The summed E-state index contributed by atoms with van der Waals surface area (Å²) < 4.78 is 44.0. The van der Waals surface area contributed by atoms with Crippen molar-refractivity contribution in [2.45, 2.75) is 29.7 Å². The Kier molecular flexibility index (Phi) is 6.58. The number of azide groups is 1. The predicted molar refractivity (Wildman–Crippen MR) is 115 cm³/mol. The van der Waals surface area contributed by atoms with E-state index in [0.717, 1.165) is 12.3 Å². The van der Waals surface area contributed by atoms with Crippen LogP contribution in [-0.4, -0.2) is 32.0 Å². The van der Waals surface area contributed by atoms with Crippen LogP contribution in [0.25, 0.3) is 21.6 Å². The van der Waals surface area contributed by atoms with Gasteiger partial charge >= 0.3 is 11.3 Å². The summed E-state index contributed by atoms with van der Waals surface area (Å²) in [7, 11) is -3.45.